The van der Waals surface area contributed by atoms with Gasteiger partial charge in [-0.25, -0.2) is 14.1 Å². The third-order valence-corrected chi connectivity index (χ3v) is 3.06. The Morgan fingerprint density at radius 1 is 1.53 bits per heavy atom. The van der Waals surface area contributed by atoms with Gasteiger partial charge in [0.2, 0.25) is 5.91 Å². The molecule has 0 bridgehead atoms. The van der Waals surface area contributed by atoms with Gasteiger partial charge < -0.3 is 11.1 Å². The number of carbonyl (C=O) groups is 1. The first-order chi connectivity index (χ1) is 9.15. The van der Waals surface area contributed by atoms with E-state index in [-0.39, 0.29) is 23.6 Å². The molecule has 3 rings (SSSR count). The molecule has 2 unspecified atom stereocenters. The number of aromatic nitrogens is 3. The summed E-state index contributed by atoms with van der Waals surface area (Å²) in [5.41, 5.74) is 6.27. The molecule has 98 valence electrons. The molecule has 1 aromatic carbocycles. The number of halogens is 1. The zero-order valence-electron chi connectivity index (χ0n) is 9.95. The van der Waals surface area contributed by atoms with E-state index in [0.717, 1.165) is 0 Å². The first-order valence-electron chi connectivity index (χ1n) is 5.86. The molecule has 0 radical (unpaired) electrons. The van der Waals surface area contributed by atoms with E-state index in [0.29, 0.717) is 12.1 Å². The van der Waals surface area contributed by atoms with Crippen molar-refractivity contribution in [1.82, 2.24) is 14.8 Å². The normalized spacial score (nSPS) is 21.2. The number of nitrogens with two attached hydrogens (primary N) is 1. The predicted octanol–water partition coefficient (Wildman–Crippen LogP) is 0.692. The second kappa shape index (κ2) is 4.43. The van der Waals surface area contributed by atoms with Gasteiger partial charge in [-0.1, -0.05) is 0 Å². The molecule has 2 atom stereocenters. The molecule has 0 aliphatic heterocycles. The van der Waals surface area contributed by atoms with Crippen LogP contribution in [0.1, 0.15) is 6.42 Å². The highest BCUT2D eigenvalue weighted by Crippen LogP contribution is 2.29. The van der Waals surface area contributed by atoms with Crippen LogP contribution in [-0.2, 0) is 4.79 Å². The predicted molar refractivity (Wildman–Crippen MR) is 66.0 cm³/mol. The van der Waals surface area contributed by atoms with Crippen molar-refractivity contribution < 1.29 is 9.18 Å². The van der Waals surface area contributed by atoms with Crippen LogP contribution in [0.3, 0.4) is 0 Å². The first kappa shape index (κ1) is 11.8. The van der Waals surface area contributed by atoms with Crippen LogP contribution in [0, 0.1) is 11.7 Å². The number of nitrogens with zero attached hydrogens (tertiary/aromatic N) is 3. The molecule has 1 aliphatic rings. The third kappa shape index (κ3) is 2.32. The summed E-state index contributed by atoms with van der Waals surface area (Å²) in [6.07, 6.45) is 3.41. The first-order valence-corrected chi connectivity index (χ1v) is 5.86. The smallest absolute Gasteiger partial charge is 0.229 e. The number of anilines is 1. The van der Waals surface area contributed by atoms with Gasteiger partial charge >= 0.3 is 0 Å². The number of rotatable bonds is 3. The number of nitrogens with one attached hydrogen (secondary N) is 1. The maximum absolute atomic E-state index is 13.9. The molecule has 1 amide bonds. The fourth-order valence-corrected chi connectivity index (χ4v) is 1.85. The minimum absolute atomic E-state index is 0.0701. The molecular weight excluding hydrogens is 249 g/mol. The van der Waals surface area contributed by atoms with E-state index in [9.17, 15) is 9.18 Å². The van der Waals surface area contributed by atoms with Crippen molar-refractivity contribution in [3.05, 3.63) is 36.7 Å². The fraction of sp³-hybridized carbons (Fsp3) is 0.250. The monoisotopic (exact) mass is 261 g/mol. The minimum Gasteiger partial charge on any atom is -0.327 e. The second-order valence-corrected chi connectivity index (χ2v) is 4.50. The third-order valence-electron chi connectivity index (χ3n) is 3.06. The number of carbonyl (C=O) groups excluding carboxylic acids is 1. The highest BCUT2D eigenvalue weighted by Gasteiger charge is 2.39. The summed E-state index contributed by atoms with van der Waals surface area (Å²) < 4.78 is 15.2. The molecule has 1 fully saturated rings. The van der Waals surface area contributed by atoms with Crippen LogP contribution in [0.15, 0.2) is 30.9 Å². The summed E-state index contributed by atoms with van der Waals surface area (Å²) in [4.78, 5) is 15.4. The van der Waals surface area contributed by atoms with Crippen molar-refractivity contribution in [2.75, 3.05) is 5.32 Å². The van der Waals surface area contributed by atoms with Crippen LogP contribution in [0.25, 0.3) is 5.69 Å². The van der Waals surface area contributed by atoms with E-state index in [4.69, 9.17) is 5.73 Å². The Bertz CT molecular complexity index is 613. The highest BCUT2D eigenvalue weighted by molar-refractivity contribution is 5.95. The van der Waals surface area contributed by atoms with Crippen molar-refractivity contribution in [3.63, 3.8) is 0 Å². The van der Waals surface area contributed by atoms with E-state index in [1.54, 1.807) is 6.07 Å². The quantitative estimate of drug-likeness (QED) is 0.851. The van der Waals surface area contributed by atoms with E-state index in [1.165, 1.54) is 29.5 Å². The summed E-state index contributed by atoms with van der Waals surface area (Å²) in [5, 5.41) is 6.49. The van der Waals surface area contributed by atoms with Crippen LogP contribution < -0.4 is 11.1 Å². The lowest BCUT2D eigenvalue weighted by atomic mass is 10.2. The number of hydrogen-bond donors (Lipinski definition) is 2. The Kier molecular flexibility index (Phi) is 2.75. The van der Waals surface area contributed by atoms with Gasteiger partial charge in [-0.2, -0.15) is 5.10 Å². The van der Waals surface area contributed by atoms with Gasteiger partial charge in [-0.15, -0.1) is 0 Å². The Balaban J connectivity index is 1.78. The lowest BCUT2D eigenvalue weighted by molar-refractivity contribution is -0.117. The molecular formula is C12H12FN5O. The van der Waals surface area contributed by atoms with Crippen molar-refractivity contribution in [3.8, 4) is 5.69 Å². The van der Waals surface area contributed by atoms with Gasteiger partial charge in [0.15, 0.2) is 5.82 Å². The highest BCUT2D eigenvalue weighted by atomic mass is 19.1. The molecule has 0 saturated heterocycles. The van der Waals surface area contributed by atoms with Crippen molar-refractivity contribution in [1.29, 1.82) is 0 Å². The molecule has 3 N–H and O–H groups in total. The molecule has 0 spiro atoms. The Morgan fingerprint density at radius 3 is 2.89 bits per heavy atom. The molecule has 6 nitrogen and oxygen atoms in total. The van der Waals surface area contributed by atoms with Gasteiger partial charge in [-0.3, -0.25) is 4.79 Å². The molecule has 1 saturated carbocycles. The largest absolute Gasteiger partial charge is 0.327 e. The van der Waals surface area contributed by atoms with E-state index >= 15 is 0 Å². The maximum Gasteiger partial charge on any atom is 0.229 e. The Morgan fingerprint density at radius 2 is 2.32 bits per heavy atom. The standard InChI is InChI=1S/C12H12FN5O/c13-9-3-7(17-12(19)8-4-10(8)14)1-2-11(9)18-6-15-5-16-18/h1-3,5-6,8,10H,4,14H2,(H,17,19). The minimum atomic E-state index is -0.483. The molecule has 19 heavy (non-hydrogen) atoms. The van der Waals surface area contributed by atoms with Crippen molar-refractivity contribution >= 4 is 11.6 Å². The summed E-state index contributed by atoms with van der Waals surface area (Å²) in [6.45, 7) is 0. The Labute approximate surface area is 108 Å². The van der Waals surface area contributed by atoms with Crippen LogP contribution >= 0.6 is 0 Å². The van der Waals surface area contributed by atoms with E-state index in [2.05, 4.69) is 15.4 Å². The van der Waals surface area contributed by atoms with Crippen LogP contribution in [0.5, 0.6) is 0 Å². The van der Waals surface area contributed by atoms with Crippen LogP contribution in [0.2, 0.25) is 0 Å². The van der Waals surface area contributed by atoms with Crippen molar-refractivity contribution in [2.24, 2.45) is 11.7 Å². The summed E-state index contributed by atoms with van der Waals surface area (Å²) in [6, 6.07) is 4.33. The number of benzene rings is 1. The van der Waals surface area contributed by atoms with Crippen LogP contribution in [0.4, 0.5) is 10.1 Å². The average Bonchev–Trinajstić information content (AvgIpc) is 2.90. The van der Waals surface area contributed by atoms with Gasteiger partial charge in [0.05, 0.1) is 5.92 Å². The van der Waals surface area contributed by atoms with E-state index < -0.39 is 5.82 Å². The van der Waals surface area contributed by atoms with Crippen LogP contribution in [-0.4, -0.2) is 26.7 Å². The zero-order chi connectivity index (χ0) is 13.4. The summed E-state index contributed by atoms with van der Waals surface area (Å²) in [5.74, 6) is -0.804. The van der Waals surface area contributed by atoms with Gasteiger partial charge in [0.25, 0.3) is 0 Å². The summed E-state index contributed by atoms with van der Waals surface area (Å²) >= 11 is 0. The maximum atomic E-state index is 13.9. The zero-order valence-corrected chi connectivity index (χ0v) is 9.95. The Hall–Kier alpha value is -2.28. The molecule has 1 aromatic heterocycles. The van der Waals surface area contributed by atoms with Crippen molar-refractivity contribution in [2.45, 2.75) is 12.5 Å². The number of hydrogen-bond acceptors (Lipinski definition) is 4. The topological polar surface area (TPSA) is 85.8 Å². The lowest BCUT2D eigenvalue weighted by Gasteiger charge is -2.07. The second-order valence-electron chi connectivity index (χ2n) is 4.50. The SMILES string of the molecule is NC1CC1C(=O)Nc1ccc(-n2cncn2)c(F)c1. The average molecular weight is 261 g/mol. The lowest BCUT2D eigenvalue weighted by Crippen LogP contribution is -2.18. The fourth-order valence-electron chi connectivity index (χ4n) is 1.85. The molecule has 1 aliphatic carbocycles. The molecule has 1 heterocycles. The molecule has 7 heteroatoms. The van der Waals surface area contributed by atoms with E-state index in [1.807, 2.05) is 0 Å². The number of amides is 1. The summed E-state index contributed by atoms with van der Waals surface area (Å²) in [7, 11) is 0. The van der Waals surface area contributed by atoms with Gasteiger partial charge in [-0.05, 0) is 24.6 Å². The van der Waals surface area contributed by atoms with Gasteiger partial charge in [0, 0.05) is 11.7 Å². The van der Waals surface area contributed by atoms with Gasteiger partial charge in [0.1, 0.15) is 18.3 Å². The molecule has 2 aromatic rings.